The maximum atomic E-state index is 11.9. The van der Waals surface area contributed by atoms with Gasteiger partial charge in [-0.3, -0.25) is 9.59 Å². The van der Waals surface area contributed by atoms with Crippen LogP contribution in [0.25, 0.3) is 0 Å². The van der Waals surface area contributed by atoms with Crippen molar-refractivity contribution in [2.75, 3.05) is 13.7 Å². The van der Waals surface area contributed by atoms with Crippen LogP contribution in [0.2, 0.25) is 0 Å². The van der Waals surface area contributed by atoms with Gasteiger partial charge >= 0.3 is 11.9 Å². The van der Waals surface area contributed by atoms with Gasteiger partial charge in [0.25, 0.3) is 0 Å². The molecule has 0 spiro atoms. The average molecular weight is 459 g/mol. The normalized spacial score (nSPS) is 24.8. The fraction of sp³-hybridized carbons (Fsp3) is 0.440. The summed E-state index contributed by atoms with van der Waals surface area (Å²) in [4.78, 5) is 23.8. The van der Waals surface area contributed by atoms with Gasteiger partial charge in [0.1, 0.15) is 12.2 Å². The SMILES string of the molecule is CO[C@@H]1O[C@H](COCc2ccccc2)[C@H](OC(C)=O)[C@H](OC(C)=O)[C@H]1OCc1ccccc1. The molecule has 178 valence electrons. The van der Waals surface area contributed by atoms with Crippen molar-refractivity contribution in [3.05, 3.63) is 71.8 Å². The van der Waals surface area contributed by atoms with E-state index < -0.39 is 42.6 Å². The van der Waals surface area contributed by atoms with Crippen molar-refractivity contribution in [2.24, 2.45) is 0 Å². The van der Waals surface area contributed by atoms with Crippen LogP contribution in [0, 0.1) is 0 Å². The average Bonchev–Trinajstić information content (AvgIpc) is 2.80. The molecule has 1 heterocycles. The number of carbonyl (C=O) groups is 2. The lowest BCUT2D eigenvalue weighted by molar-refractivity contribution is -0.311. The minimum Gasteiger partial charge on any atom is -0.456 e. The summed E-state index contributed by atoms with van der Waals surface area (Å²) in [6.07, 6.45) is -4.30. The van der Waals surface area contributed by atoms with Gasteiger partial charge in [-0.1, -0.05) is 60.7 Å². The number of hydrogen-bond donors (Lipinski definition) is 0. The van der Waals surface area contributed by atoms with Gasteiger partial charge in [0.15, 0.2) is 18.5 Å². The van der Waals surface area contributed by atoms with Gasteiger partial charge < -0.3 is 28.4 Å². The van der Waals surface area contributed by atoms with E-state index in [-0.39, 0.29) is 13.2 Å². The Morgan fingerprint density at radius 3 is 1.88 bits per heavy atom. The number of benzene rings is 2. The third-order valence-corrected chi connectivity index (χ3v) is 5.11. The predicted octanol–water partition coefficient (Wildman–Crippen LogP) is 3.02. The first-order valence-corrected chi connectivity index (χ1v) is 10.8. The molecule has 0 saturated carbocycles. The first kappa shape index (κ1) is 24.9. The van der Waals surface area contributed by atoms with Crippen molar-refractivity contribution in [1.29, 1.82) is 0 Å². The van der Waals surface area contributed by atoms with Crippen LogP contribution < -0.4 is 0 Å². The molecule has 8 heteroatoms. The summed E-state index contributed by atoms with van der Waals surface area (Å²) in [7, 11) is 1.47. The molecule has 2 aromatic carbocycles. The largest absolute Gasteiger partial charge is 0.456 e. The molecule has 0 bridgehead atoms. The maximum Gasteiger partial charge on any atom is 0.303 e. The third-order valence-electron chi connectivity index (χ3n) is 5.11. The van der Waals surface area contributed by atoms with Crippen molar-refractivity contribution in [3.8, 4) is 0 Å². The van der Waals surface area contributed by atoms with Crippen molar-refractivity contribution >= 4 is 11.9 Å². The van der Waals surface area contributed by atoms with Gasteiger partial charge in [-0.05, 0) is 11.1 Å². The van der Waals surface area contributed by atoms with Gasteiger partial charge in [0.05, 0.1) is 19.8 Å². The second kappa shape index (κ2) is 12.5. The van der Waals surface area contributed by atoms with E-state index >= 15 is 0 Å². The highest BCUT2D eigenvalue weighted by molar-refractivity contribution is 5.67. The maximum absolute atomic E-state index is 11.9. The van der Waals surface area contributed by atoms with Crippen molar-refractivity contribution in [3.63, 3.8) is 0 Å². The molecule has 1 saturated heterocycles. The minimum absolute atomic E-state index is 0.0931. The molecule has 0 radical (unpaired) electrons. The lowest BCUT2D eigenvalue weighted by atomic mass is 9.98. The highest BCUT2D eigenvalue weighted by atomic mass is 16.7. The van der Waals surface area contributed by atoms with E-state index in [2.05, 4.69) is 0 Å². The molecule has 0 aromatic heterocycles. The van der Waals surface area contributed by atoms with E-state index in [9.17, 15) is 9.59 Å². The van der Waals surface area contributed by atoms with E-state index in [1.165, 1.54) is 21.0 Å². The molecule has 3 rings (SSSR count). The molecule has 0 unspecified atom stereocenters. The summed E-state index contributed by atoms with van der Waals surface area (Å²) in [5.74, 6) is -1.07. The molecular formula is C25H30O8. The van der Waals surface area contributed by atoms with Crippen molar-refractivity contribution in [2.45, 2.75) is 57.8 Å². The number of ether oxygens (including phenoxy) is 6. The number of methoxy groups -OCH3 is 1. The number of rotatable bonds is 10. The molecule has 8 nitrogen and oxygen atoms in total. The lowest BCUT2D eigenvalue weighted by Crippen LogP contribution is -2.62. The summed E-state index contributed by atoms with van der Waals surface area (Å²) in [5, 5.41) is 0. The second-order valence-corrected chi connectivity index (χ2v) is 7.69. The van der Waals surface area contributed by atoms with Crippen LogP contribution >= 0.6 is 0 Å². The van der Waals surface area contributed by atoms with Gasteiger partial charge in [-0.15, -0.1) is 0 Å². The molecule has 0 amide bonds. The molecule has 33 heavy (non-hydrogen) atoms. The van der Waals surface area contributed by atoms with Crippen LogP contribution in [-0.2, 0) is 51.2 Å². The molecule has 0 N–H and O–H groups in total. The lowest BCUT2D eigenvalue weighted by Gasteiger charge is -2.44. The van der Waals surface area contributed by atoms with Gasteiger partial charge in [0.2, 0.25) is 0 Å². The fourth-order valence-corrected chi connectivity index (χ4v) is 3.67. The van der Waals surface area contributed by atoms with Crippen molar-refractivity contribution in [1.82, 2.24) is 0 Å². The minimum atomic E-state index is -0.945. The predicted molar refractivity (Wildman–Crippen MR) is 118 cm³/mol. The topological polar surface area (TPSA) is 89.5 Å². The fourth-order valence-electron chi connectivity index (χ4n) is 3.67. The highest BCUT2D eigenvalue weighted by Crippen LogP contribution is 2.30. The van der Waals surface area contributed by atoms with Crippen LogP contribution in [0.1, 0.15) is 25.0 Å². The first-order valence-electron chi connectivity index (χ1n) is 10.8. The van der Waals surface area contributed by atoms with E-state index in [0.29, 0.717) is 6.61 Å². The molecule has 2 aromatic rings. The summed E-state index contributed by atoms with van der Waals surface area (Å²) >= 11 is 0. The molecule has 1 aliphatic heterocycles. The molecular weight excluding hydrogens is 428 g/mol. The zero-order valence-electron chi connectivity index (χ0n) is 19.0. The smallest absolute Gasteiger partial charge is 0.303 e. The van der Waals surface area contributed by atoms with Crippen LogP contribution in [0.3, 0.4) is 0 Å². The zero-order chi connectivity index (χ0) is 23.6. The van der Waals surface area contributed by atoms with Gasteiger partial charge in [-0.25, -0.2) is 0 Å². The Labute approximate surface area is 193 Å². The molecule has 1 fully saturated rings. The quantitative estimate of drug-likeness (QED) is 0.502. The van der Waals surface area contributed by atoms with E-state index in [1.54, 1.807) is 0 Å². The Hall–Kier alpha value is -2.78. The van der Waals surface area contributed by atoms with Gasteiger partial charge in [0, 0.05) is 21.0 Å². The highest BCUT2D eigenvalue weighted by Gasteiger charge is 2.51. The summed E-state index contributed by atoms with van der Waals surface area (Å²) in [6.45, 7) is 3.24. The summed E-state index contributed by atoms with van der Waals surface area (Å²) in [5.41, 5.74) is 1.91. The Morgan fingerprint density at radius 2 is 1.33 bits per heavy atom. The van der Waals surface area contributed by atoms with Crippen molar-refractivity contribution < 1.29 is 38.0 Å². The van der Waals surface area contributed by atoms with E-state index in [4.69, 9.17) is 28.4 Å². The monoisotopic (exact) mass is 458 g/mol. The second-order valence-electron chi connectivity index (χ2n) is 7.69. The molecule has 0 aliphatic carbocycles. The van der Waals surface area contributed by atoms with E-state index in [0.717, 1.165) is 11.1 Å². The Kier molecular flexibility index (Phi) is 9.38. The molecule has 1 aliphatic rings. The third kappa shape index (κ3) is 7.36. The van der Waals surface area contributed by atoms with Gasteiger partial charge in [-0.2, -0.15) is 0 Å². The Bertz CT molecular complexity index is 872. The van der Waals surface area contributed by atoms with Crippen LogP contribution in [0.15, 0.2) is 60.7 Å². The van der Waals surface area contributed by atoms with Crippen LogP contribution in [-0.4, -0.2) is 56.4 Å². The Balaban J connectivity index is 1.77. The van der Waals surface area contributed by atoms with E-state index in [1.807, 2.05) is 60.7 Å². The Morgan fingerprint density at radius 1 is 0.788 bits per heavy atom. The number of carbonyl (C=O) groups excluding carboxylic acids is 2. The zero-order valence-corrected chi connectivity index (χ0v) is 19.0. The van der Waals surface area contributed by atoms with Crippen LogP contribution in [0.5, 0.6) is 0 Å². The number of esters is 2. The number of hydrogen-bond acceptors (Lipinski definition) is 8. The standard InChI is InChI=1S/C25H30O8/c1-17(26)31-22-21(16-29-14-19-10-6-4-7-11-19)33-25(28-3)24(23(22)32-18(2)27)30-15-20-12-8-5-9-13-20/h4-13,21-25H,14-16H2,1-3H3/t21-,22+,23+,24-,25-/m1/s1. The first-order chi connectivity index (χ1) is 16.0. The summed E-state index contributed by atoms with van der Waals surface area (Å²) in [6, 6.07) is 19.2. The van der Waals surface area contributed by atoms with Crippen LogP contribution in [0.4, 0.5) is 0 Å². The summed E-state index contributed by atoms with van der Waals surface area (Å²) < 4.78 is 34.6. The molecule has 5 atom stereocenters.